The first-order chi connectivity index (χ1) is 20.7. The van der Waals surface area contributed by atoms with Gasteiger partial charge in [-0.3, -0.25) is 14.9 Å². The van der Waals surface area contributed by atoms with Gasteiger partial charge in [-0.15, -0.1) is 0 Å². The van der Waals surface area contributed by atoms with E-state index in [0.29, 0.717) is 25.0 Å². The number of nitrogens with one attached hydrogen (secondary N) is 4. The first-order valence-corrected chi connectivity index (χ1v) is 18.3. The normalized spacial score (nSPS) is 26.5. The van der Waals surface area contributed by atoms with E-state index in [9.17, 15) is 19.2 Å². The predicted octanol–water partition coefficient (Wildman–Crippen LogP) is 3.78. The Labute approximate surface area is 263 Å². The molecule has 6 rings (SSSR count). The van der Waals surface area contributed by atoms with Crippen LogP contribution in [0.25, 0.3) is 0 Å². The monoisotopic (exact) mass is 708 g/mol. The molecule has 1 aromatic rings. The number of alkyl carbamates (subject to hydrolysis) is 1. The average Bonchev–Trinajstić information content (AvgIpc) is 2.97. The molecule has 1 aromatic carbocycles. The van der Waals surface area contributed by atoms with Crippen molar-refractivity contribution in [3.05, 3.63) is 35.4 Å². The summed E-state index contributed by atoms with van der Waals surface area (Å²) in [6.45, 7) is 4.62. The molecule has 4 aliphatic carbocycles. The zero-order valence-corrected chi connectivity index (χ0v) is 27.4. The van der Waals surface area contributed by atoms with E-state index in [1.54, 1.807) is 26.0 Å². The number of halogens is 1. The molecule has 0 aromatic heterocycles. The largest absolute Gasteiger partial charge is 0.461 e. The summed E-state index contributed by atoms with van der Waals surface area (Å²) in [6, 6.07) is 5.96. The van der Waals surface area contributed by atoms with Crippen LogP contribution in [0, 0.1) is 23.2 Å². The molecule has 4 bridgehead atoms. The van der Waals surface area contributed by atoms with E-state index in [0.717, 1.165) is 52.9 Å². The van der Waals surface area contributed by atoms with Gasteiger partial charge in [0, 0.05) is 30.5 Å². The third-order valence-electron chi connectivity index (χ3n) is 8.99. The van der Waals surface area contributed by atoms with E-state index < -0.39 is 18.1 Å². The summed E-state index contributed by atoms with van der Waals surface area (Å²) in [5, 5.41) is 11.6. The van der Waals surface area contributed by atoms with Crippen molar-refractivity contribution in [1.82, 2.24) is 21.3 Å². The molecule has 43 heavy (non-hydrogen) atoms. The number of carbonyl (C=O) groups is 4. The Morgan fingerprint density at radius 1 is 1.02 bits per heavy atom. The van der Waals surface area contributed by atoms with Gasteiger partial charge in [0.1, 0.15) is 9.80 Å². The SMILES string of the molecule is CC(C)OC(=O)[C@H](CNC(=O)c1ccc(CCC(=O)NC2=ICCCN2)cc1)NC(=O)OCC12CC3CC(CC(C3)C1)C2. The fourth-order valence-electron chi connectivity index (χ4n) is 7.49. The molecule has 0 saturated heterocycles. The third-order valence-corrected chi connectivity index (χ3v) is 11.7. The smallest absolute Gasteiger partial charge is 0.407 e. The van der Waals surface area contributed by atoms with Gasteiger partial charge in [-0.25, -0.2) is 9.59 Å². The number of ether oxygens (including phenoxy) is 2. The molecular weight excluding hydrogens is 663 g/mol. The molecule has 1 atom stereocenters. The first kappa shape index (κ1) is 31.9. The van der Waals surface area contributed by atoms with Gasteiger partial charge in [0.2, 0.25) is 5.91 Å². The molecule has 1 heterocycles. The van der Waals surface area contributed by atoms with Crippen LogP contribution in [0.15, 0.2) is 24.3 Å². The molecule has 4 N–H and O–H groups in total. The fourth-order valence-corrected chi connectivity index (χ4v) is 9.82. The zero-order valence-electron chi connectivity index (χ0n) is 25.2. The fraction of sp³-hybridized carbons (Fsp3) is 0.656. The molecule has 0 spiro atoms. The van der Waals surface area contributed by atoms with Crippen molar-refractivity contribution in [3.8, 4) is 0 Å². The number of hydrogen-bond donors (Lipinski definition) is 4. The van der Waals surface area contributed by atoms with Gasteiger partial charge in [-0.1, -0.05) is 32.9 Å². The van der Waals surface area contributed by atoms with Gasteiger partial charge in [0.25, 0.3) is 5.91 Å². The average molecular weight is 709 g/mol. The topological polar surface area (TPSA) is 135 Å². The van der Waals surface area contributed by atoms with Crippen molar-refractivity contribution in [2.24, 2.45) is 23.2 Å². The molecule has 236 valence electrons. The summed E-state index contributed by atoms with van der Waals surface area (Å²) in [5.74, 6) is 1.24. The molecule has 11 heteroatoms. The summed E-state index contributed by atoms with van der Waals surface area (Å²) in [5.41, 5.74) is 1.43. The molecule has 3 amide bonds. The number of hydrogen-bond acceptors (Lipinski definition) is 7. The molecule has 1 aliphatic heterocycles. The molecule has 5 aliphatic rings. The second kappa shape index (κ2) is 14.5. The van der Waals surface area contributed by atoms with Crippen LogP contribution in [0.5, 0.6) is 0 Å². The highest BCUT2D eigenvalue weighted by atomic mass is 127. The lowest BCUT2D eigenvalue weighted by Gasteiger charge is -2.56. The van der Waals surface area contributed by atoms with E-state index in [-0.39, 0.29) is 50.6 Å². The summed E-state index contributed by atoms with van der Waals surface area (Å²) in [7, 11) is 0. The van der Waals surface area contributed by atoms with Crippen molar-refractivity contribution in [3.63, 3.8) is 0 Å². The lowest BCUT2D eigenvalue weighted by molar-refractivity contribution is -0.149. The van der Waals surface area contributed by atoms with Crippen molar-refractivity contribution >= 4 is 48.4 Å². The van der Waals surface area contributed by atoms with Crippen molar-refractivity contribution in [2.75, 3.05) is 24.1 Å². The highest BCUT2D eigenvalue weighted by molar-refractivity contribution is 14.2. The van der Waals surface area contributed by atoms with Gasteiger partial charge in [0.15, 0.2) is 0 Å². The summed E-state index contributed by atoms with van der Waals surface area (Å²) >= 11 is -0.124. The minimum Gasteiger partial charge on any atom is -0.461 e. The number of benzene rings is 1. The number of alkyl halides is 1. The van der Waals surface area contributed by atoms with Crippen LogP contribution in [0.2, 0.25) is 0 Å². The Morgan fingerprint density at radius 3 is 2.30 bits per heavy atom. The first-order valence-electron chi connectivity index (χ1n) is 15.7. The number of rotatable bonds is 12. The number of aryl methyl sites for hydroxylation is 1. The molecule has 4 saturated carbocycles. The van der Waals surface area contributed by atoms with E-state index in [2.05, 4.69) is 21.3 Å². The van der Waals surface area contributed by atoms with Crippen molar-refractivity contribution < 1.29 is 28.7 Å². The highest BCUT2D eigenvalue weighted by Crippen LogP contribution is 2.60. The number of esters is 1. The van der Waals surface area contributed by atoms with E-state index in [1.807, 2.05) is 12.1 Å². The second-order valence-corrected chi connectivity index (χ2v) is 16.0. The minimum absolute atomic E-state index is 0.00536. The Hall–Kier alpha value is -2.54. The third kappa shape index (κ3) is 8.99. The standard InChI is InChI=1S/C32H45IN4O6/c1-20(2)43-29(40)26(36-31(41)42-19-32-15-22-12-23(16-32)14-24(13-22)17-32)18-35-28(39)25-7-4-21(5-8-25)6-9-27(38)37-30-33-10-3-11-34-30/h4-5,7-8,20,22-24,26,34H,3,6,9-19H2,1-2H3,(H,35,39)(H,36,41)(H,37,38)/t22?,23?,24?,26-,32?/m0/s1. The minimum atomic E-state index is -1.08. The van der Waals surface area contributed by atoms with Crippen LogP contribution < -0.4 is 21.3 Å². The Balaban J connectivity index is 1.09. The maximum absolute atomic E-state index is 12.9. The van der Waals surface area contributed by atoms with Gasteiger partial charge < -0.3 is 25.4 Å². The lowest BCUT2D eigenvalue weighted by Crippen LogP contribution is -2.51. The Kier molecular flexibility index (Phi) is 10.7. The predicted molar refractivity (Wildman–Crippen MR) is 172 cm³/mol. The molecule has 0 unspecified atom stereocenters. The number of amides is 3. The zero-order chi connectivity index (χ0) is 30.4. The highest BCUT2D eigenvalue weighted by Gasteiger charge is 2.51. The van der Waals surface area contributed by atoms with Gasteiger partial charge in [-0.2, -0.15) is 0 Å². The van der Waals surface area contributed by atoms with Gasteiger partial charge in [0.05, 0.1) is 12.7 Å². The summed E-state index contributed by atoms with van der Waals surface area (Å²) < 4.78 is 13.2. The molecule has 0 radical (unpaired) electrons. The van der Waals surface area contributed by atoms with Crippen LogP contribution in [-0.4, -0.2) is 63.9 Å². The Bertz CT molecular complexity index is 1180. The van der Waals surface area contributed by atoms with Gasteiger partial charge in [-0.05, 0) is 105 Å². The maximum Gasteiger partial charge on any atom is 0.407 e. The van der Waals surface area contributed by atoms with Crippen LogP contribution in [-0.2, 0) is 25.5 Å². The summed E-state index contributed by atoms with van der Waals surface area (Å²) in [4.78, 5) is 50.8. The van der Waals surface area contributed by atoms with Crippen LogP contribution >= 0.6 is 20.7 Å². The lowest BCUT2D eigenvalue weighted by atomic mass is 9.50. The van der Waals surface area contributed by atoms with Crippen molar-refractivity contribution in [1.29, 1.82) is 0 Å². The molecular formula is C32H45IN4O6. The summed E-state index contributed by atoms with van der Waals surface area (Å²) in [6.07, 6.45) is 8.35. The van der Waals surface area contributed by atoms with E-state index in [4.69, 9.17) is 9.47 Å². The van der Waals surface area contributed by atoms with Gasteiger partial charge >= 0.3 is 12.1 Å². The van der Waals surface area contributed by atoms with Crippen LogP contribution in [0.3, 0.4) is 0 Å². The second-order valence-electron chi connectivity index (χ2n) is 13.0. The molecule has 10 nitrogen and oxygen atoms in total. The molecule has 4 fully saturated rings. The van der Waals surface area contributed by atoms with E-state index in [1.165, 1.54) is 30.1 Å². The van der Waals surface area contributed by atoms with E-state index >= 15 is 0 Å². The quantitative estimate of drug-likeness (QED) is 0.148. The number of carbonyl (C=O) groups excluding carboxylic acids is 4. The van der Waals surface area contributed by atoms with Crippen LogP contribution in [0.1, 0.15) is 81.1 Å². The Morgan fingerprint density at radius 2 is 1.70 bits per heavy atom. The maximum atomic E-state index is 12.9. The van der Waals surface area contributed by atoms with Crippen LogP contribution in [0.4, 0.5) is 4.79 Å². The van der Waals surface area contributed by atoms with Crippen molar-refractivity contribution in [2.45, 2.75) is 83.8 Å².